The van der Waals surface area contributed by atoms with Crippen LogP contribution in [-0.2, 0) is 11.2 Å². The molecule has 0 bridgehead atoms. The molecule has 1 aromatic rings. The van der Waals surface area contributed by atoms with Gasteiger partial charge in [0.2, 0.25) is 5.91 Å². The van der Waals surface area contributed by atoms with Gasteiger partial charge >= 0.3 is 0 Å². The van der Waals surface area contributed by atoms with E-state index < -0.39 is 0 Å². The van der Waals surface area contributed by atoms with E-state index in [1.807, 2.05) is 24.1 Å². The van der Waals surface area contributed by atoms with Crippen molar-refractivity contribution in [3.05, 3.63) is 34.9 Å². The highest BCUT2D eigenvalue weighted by Crippen LogP contribution is 2.19. The van der Waals surface area contributed by atoms with Crippen molar-refractivity contribution in [3.8, 4) is 0 Å². The Bertz CT molecular complexity index is 551. The number of nitrogens with one attached hydrogen (secondary N) is 1. The van der Waals surface area contributed by atoms with E-state index in [0.29, 0.717) is 6.04 Å². The van der Waals surface area contributed by atoms with E-state index in [4.69, 9.17) is 11.6 Å². The zero-order valence-corrected chi connectivity index (χ0v) is 15.3. The normalized spacial score (nSPS) is 22.7. The maximum absolute atomic E-state index is 12.5. The molecule has 2 aliphatic rings. The van der Waals surface area contributed by atoms with E-state index in [1.165, 1.54) is 5.56 Å². The van der Waals surface area contributed by atoms with Gasteiger partial charge in [-0.25, -0.2) is 0 Å². The highest BCUT2D eigenvalue weighted by molar-refractivity contribution is 6.30. The van der Waals surface area contributed by atoms with Gasteiger partial charge < -0.3 is 15.1 Å². The number of rotatable bonds is 5. The monoisotopic (exact) mass is 349 g/mol. The molecule has 2 heterocycles. The SMILES string of the molecule is CN(C(=O)[C@@H]1CCCN1)C1CCN(CCc2cccc(Cl)c2)CC1. The smallest absolute Gasteiger partial charge is 0.239 e. The zero-order chi connectivity index (χ0) is 16.9. The predicted molar refractivity (Wildman–Crippen MR) is 98.4 cm³/mol. The van der Waals surface area contributed by atoms with Gasteiger partial charge in [-0.05, 0) is 56.3 Å². The van der Waals surface area contributed by atoms with Crippen LogP contribution >= 0.6 is 11.6 Å². The lowest BCUT2D eigenvalue weighted by Crippen LogP contribution is -2.50. The van der Waals surface area contributed by atoms with Crippen LogP contribution in [0.2, 0.25) is 5.02 Å². The predicted octanol–water partition coefficient (Wildman–Crippen LogP) is 2.56. The molecule has 3 rings (SSSR count). The summed E-state index contributed by atoms with van der Waals surface area (Å²) in [5, 5.41) is 4.13. The van der Waals surface area contributed by atoms with Gasteiger partial charge in [-0.3, -0.25) is 4.79 Å². The van der Waals surface area contributed by atoms with Crippen molar-refractivity contribution in [1.29, 1.82) is 0 Å². The average Bonchev–Trinajstić information content (AvgIpc) is 3.14. The van der Waals surface area contributed by atoms with Crippen molar-refractivity contribution in [2.45, 2.75) is 44.2 Å². The molecular formula is C19H28ClN3O. The zero-order valence-electron chi connectivity index (χ0n) is 14.5. The second kappa shape index (κ2) is 8.32. The van der Waals surface area contributed by atoms with E-state index in [9.17, 15) is 4.79 Å². The fraction of sp³-hybridized carbons (Fsp3) is 0.632. The summed E-state index contributed by atoms with van der Waals surface area (Å²) < 4.78 is 0. The average molecular weight is 350 g/mol. The third-order valence-corrected chi connectivity index (χ3v) is 5.65. The second-order valence-electron chi connectivity index (χ2n) is 7.05. The van der Waals surface area contributed by atoms with E-state index in [2.05, 4.69) is 22.3 Å². The molecule has 0 radical (unpaired) electrons. The number of hydrogen-bond donors (Lipinski definition) is 1. The van der Waals surface area contributed by atoms with Crippen molar-refractivity contribution in [2.75, 3.05) is 33.2 Å². The second-order valence-corrected chi connectivity index (χ2v) is 7.49. The Kier molecular flexibility index (Phi) is 6.14. The molecule has 2 aliphatic heterocycles. The summed E-state index contributed by atoms with van der Waals surface area (Å²) in [7, 11) is 1.98. The van der Waals surface area contributed by atoms with Gasteiger partial charge in [0.25, 0.3) is 0 Å². The minimum atomic E-state index is 0.0517. The van der Waals surface area contributed by atoms with Crippen LogP contribution in [0.1, 0.15) is 31.2 Å². The standard InChI is InChI=1S/C19H28ClN3O/c1-22(19(24)18-6-3-10-21-18)17-8-12-23(13-9-17)11-7-15-4-2-5-16(20)14-15/h2,4-5,14,17-18,21H,3,6-13H2,1H3/t18-/m0/s1. The van der Waals surface area contributed by atoms with Crippen LogP contribution in [0.5, 0.6) is 0 Å². The highest BCUT2D eigenvalue weighted by atomic mass is 35.5. The van der Waals surface area contributed by atoms with Crippen LogP contribution in [0.15, 0.2) is 24.3 Å². The van der Waals surface area contributed by atoms with Gasteiger partial charge in [-0.1, -0.05) is 23.7 Å². The first-order valence-corrected chi connectivity index (χ1v) is 9.48. The lowest BCUT2D eigenvalue weighted by molar-refractivity contribution is -0.134. The number of piperidine rings is 1. The lowest BCUT2D eigenvalue weighted by Gasteiger charge is -2.37. The number of amides is 1. The van der Waals surface area contributed by atoms with E-state index in [0.717, 1.165) is 63.3 Å². The van der Waals surface area contributed by atoms with Gasteiger partial charge in [0, 0.05) is 37.7 Å². The first-order chi connectivity index (χ1) is 11.6. The maximum atomic E-state index is 12.5. The molecule has 2 saturated heterocycles. The molecule has 24 heavy (non-hydrogen) atoms. The molecule has 4 nitrogen and oxygen atoms in total. The molecule has 132 valence electrons. The Morgan fingerprint density at radius 3 is 2.79 bits per heavy atom. The number of likely N-dealkylation sites (tertiary alicyclic amines) is 1. The molecule has 0 unspecified atom stereocenters. The van der Waals surface area contributed by atoms with Crippen LogP contribution in [-0.4, -0.2) is 61.0 Å². The molecule has 0 aromatic heterocycles. The van der Waals surface area contributed by atoms with Gasteiger partial charge in [-0.15, -0.1) is 0 Å². The topological polar surface area (TPSA) is 35.6 Å². The first kappa shape index (κ1) is 17.7. The van der Waals surface area contributed by atoms with Gasteiger partial charge in [0.1, 0.15) is 0 Å². The molecular weight excluding hydrogens is 322 g/mol. The molecule has 2 fully saturated rings. The minimum absolute atomic E-state index is 0.0517. The van der Waals surface area contributed by atoms with E-state index in [1.54, 1.807) is 0 Å². The van der Waals surface area contributed by atoms with Crippen molar-refractivity contribution in [3.63, 3.8) is 0 Å². The molecule has 0 spiro atoms. The number of carbonyl (C=O) groups excluding carboxylic acids is 1. The van der Waals surface area contributed by atoms with Crippen molar-refractivity contribution in [2.24, 2.45) is 0 Å². The molecule has 1 atom stereocenters. The maximum Gasteiger partial charge on any atom is 0.239 e. The van der Waals surface area contributed by atoms with Crippen LogP contribution in [0, 0.1) is 0 Å². The third kappa shape index (κ3) is 4.50. The fourth-order valence-corrected chi connectivity index (χ4v) is 4.04. The van der Waals surface area contributed by atoms with Crippen molar-refractivity contribution < 1.29 is 4.79 Å². The van der Waals surface area contributed by atoms with E-state index in [-0.39, 0.29) is 11.9 Å². The van der Waals surface area contributed by atoms with Gasteiger partial charge in [0.05, 0.1) is 6.04 Å². The summed E-state index contributed by atoms with van der Waals surface area (Å²) in [6, 6.07) is 8.57. The van der Waals surface area contributed by atoms with Crippen LogP contribution in [0.25, 0.3) is 0 Å². The Morgan fingerprint density at radius 2 is 2.12 bits per heavy atom. The van der Waals surface area contributed by atoms with Gasteiger partial charge in [-0.2, -0.15) is 0 Å². The first-order valence-electron chi connectivity index (χ1n) is 9.10. The lowest BCUT2D eigenvalue weighted by atomic mass is 10.0. The number of hydrogen-bond acceptors (Lipinski definition) is 3. The van der Waals surface area contributed by atoms with Crippen molar-refractivity contribution >= 4 is 17.5 Å². The summed E-state index contributed by atoms with van der Waals surface area (Å²) in [5.74, 6) is 0.282. The summed E-state index contributed by atoms with van der Waals surface area (Å²) in [6.07, 6.45) is 5.29. The summed E-state index contributed by atoms with van der Waals surface area (Å²) >= 11 is 6.05. The van der Waals surface area contributed by atoms with Gasteiger partial charge in [0.15, 0.2) is 0 Å². The fourth-order valence-electron chi connectivity index (χ4n) is 3.83. The Balaban J connectivity index is 1.42. The quantitative estimate of drug-likeness (QED) is 0.887. The van der Waals surface area contributed by atoms with E-state index >= 15 is 0 Å². The van der Waals surface area contributed by atoms with Crippen LogP contribution in [0.3, 0.4) is 0 Å². The van der Waals surface area contributed by atoms with Crippen LogP contribution in [0.4, 0.5) is 0 Å². The minimum Gasteiger partial charge on any atom is -0.341 e. The molecule has 0 saturated carbocycles. The number of halogens is 1. The van der Waals surface area contributed by atoms with Crippen molar-refractivity contribution in [1.82, 2.24) is 15.1 Å². The Morgan fingerprint density at radius 1 is 1.33 bits per heavy atom. The number of nitrogens with zero attached hydrogens (tertiary/aromatic N) is 2. The number of benzene rings is 1. The Labute approximate surface area is 150 Å². The largest absolute Gasteiger partial charge is 0.341 e. The number of likely N-dealkylation sites (N-methyl/N-ethyl adjacent to an activating group) is 1. The Hall–Kier alpha value is -1.10. The molecule has 1 aromatic carbocycles. The molecule has 0 aliphatic carbocycles. The number of carbonyl (C=O) groups is 1. The third-order valence-electron chi connectivity index (χ3n) is 5.42. The molecule has 1 N–H and O–H groups in total. The van der Waals surface area contributed by atoms with Crippen LogP contribution < -0.4 is 5.32 Å². The highest BCUT2D eigenvalue weighted by Gasteiger charge is 2.30. The summed E-state index contributed by atoms with van der Waals surface area (Å²) in [5.41, 5.74) is 1.30. The molecule has 1 amide bonds. The summed E-state index contributed by atoms with van der Waals surface area (Å²) in [4.78, 5) is 17.0. The molecule has 5 heteroatoms. The summed E-state index contributed by atoms with van der Waals surface area (Å²) in [6.45, 7) is 4.18.